The van der Waals surface area contributed by atoms with Gasteiger partial charge in [-0.25, -0.2) is 5.11 Å². The van der Waals surface area contributed by atoms with Crippen molar-refractivity contribution in [3.8, 4) is 0 Å². The van der Waals surface area contributed by atoms with Crippen molar-refractivity contribution < 1.29 is 9.84 Å². The van der Waals surface area contributed by atoms with Gasteiger partial charge in [0.15, 0.2) is 0 Å². The van der Waals surface area contributed by atoms with Crippen LogP contribution in [0, 0.1) is 6.42 Å². The molecule has 52 valence electrons. The third kappa shape index (κ3) is 7.66. The summed E-state index contributed by atoms with van der Waals surface area (Å²) in [6.45, 7) is 6.34. The lowest BCUT2D eigenvalue weighted by Crippen LogP contribution is -1.99. The van der Waals surface area contributed by atoms with E-state index in [1.54, 1.807) is 6.42 Å². The Hall–Kier alpha value is -0.340. The molecule has 0 aromatic carbocycles. The lowest BCUT2D eigenvalue weighted by molar-refractivity contribution is 0.149. The smallest absolute Gasteiger partial charge is 0.0876 e. The molecular formula is C7H12O2. The molecule has 2 radical (unpaired) electrons. The van der Waals surface area contributed by atoms with E-state index in [0.717, 1.165) is 5.57 Å². The van der Waals surface area contributed by atoms with Crippen LogP contribution >= 0.6 is 0 Å². The van der Waals surface area contributed by atoms with Gasteiger partial charge < -0.3 is 4.74 Å². The maximum absolute atomic E-state index is 9.82. The zero-order valence-corrected chi connectivity index (χ0v) is 5.72. The molecule has 0 aliphatic heterocycles. The van der Waals surface area contributed by atoms with Crippen LogP contribution in [0.3, 0.4) is 0 Å². The summed E-state index contributed by atoms with van der Waals surface area (Å²) in [5.74, 6) is 0. The number of rotatable bonds is 5. The third-order valence-corrected chi connectivity index (χ3v) is 0.702. The van der Waals surface area contributed by atoms with Crippen LogP contribution in [0.5, 0.6) is 0 Å². The third-order valence-electron chi connectivity index (χ3n) is 0.702. The van der Waals surface area contributed by atoms with Crippen LogP contribution in [0.2, 0.25) is 0 Å². The molecule has 0 amide bonds. The van der Waals surface area contributed by atoms with Crippen molar-refractivity contribution in [3.05, 3.63) is 18.6 Å². The number of ether oxygens (including phenoxy) is 1. The average molecular weight is 128 g/mol. The Morgan fingerprint density at radius 2 is 2.44 bits per heavy atom. The minimum Gasteiger partial charge on any atom is -0.377 e. The number of hydrogen-bond acceptors (Lipinski definition) is 1. The van der Waals surface area contributed by atoms with E-state index >= 15 is 0 Å². The van der Waals surface area contributed by atoms with Crippen molar-refractivity contribution in [2.24, 2.45) is 0 Å². The first-order valence-corrected chi connectivity index (χ1v) is 2.89. The van der Waals surface area contributed by atoms with Crippen molar-refractivity contribution >= 4 is 0 Å². The fourth-order valence-corrected chi connectivity index (χ4v) is 0.365. The summed E-state index contributed by atoms with van der Waals surface area (Å²) in [5.41, 5.74) is 0.981. The normalized spacial score (nSPS) is 9.56. The molecule has 0 spiro atoms. The summed E-state index contributed by atoms with van der Waals surface area (Å²) in [5, 5.41) is 9.82. The van der Waals surface area contributed by atoms with Gasteiger partial charge in [-0.15, -0.1) is 0 Å². The van der Waals surface area contributed by atoms with Crippen LogP contribution in [0.1, 0.15) is 6.92 Å². The molecule has 0 atom stereocenters. The molecule has 0 fully saturated rings. The van der Waals surface area contributed by atoms with Gasteiger partial charge in [-0.05, 0) is 6.92 Å². The SMILES string of the molecule is C=C(C)COC[CH]C[O]. The van der Waals surface area contributed by atoms with Gasteiger partial charge in [-0.3, -0.25) is 0 Å². The van der Waals surface area contributed by atoms with Gasteiger partial charge in [0.25, 0.3) is 0 Å². The van der Waals surface area contributed by atoms with E-state index in [9.17, 15) is 5.11 Å². The Morgan fingerprint density at radius 1 is 1.78 bits per heavy atom. The fraction of sp³-hybridized carbons (Fsp3) is 0.571. The Balaban J connectivity index is 2.83. The van der Waals surface area contributed by atoms with Crippen LogP contribution in [0.15, 0.2) is 12.2 Å². The maximum atomic E-state index is 9.82. The van der Waals surface area contributed by atoms with Crippen molar-refractivity contribution in [1.29, 1.82) is 0 Å². The molecule has 0 N–H and O–H groups in total. The van der Waals surface area contributed by atoms with Crippen LogP contribution < -0.4 is 0 Å². The first-order valence-electron chi connectivity index (χ1n) is 2.89. The molecular weight excluding hydrogens is 116 g/mol. The van der Waals surface area contributed by atoms with Crippen molar-refractivity contribution in [2.45, 2.75) is 6.92 Å². The van der Waals surface area contributed by atoms with E-state index < -0.39 is 0 Å². The Kier molecular flexibility index (Phi) is 5.57. The van der Waals surface area contributed by atoms with Crippen LogP contribution in [0.4, 0.5) is 0 Å². The largest absolute Gasteiger partial charge is 0.377 e. The molecule has 2 nitrogen and oxygen atoms in total. The maximum Gasteiger partial charge on any atom is 0.0876 e. The van der Waals surface area contributed by atoms with E-state index in [2.05, 4.69) is 6.58 Å². The minimum absolute atomic E-state index is 0.170. The molecule has 0 bridgehead atoms. The zero-order valence-electron chi connectivity index (χ0n) is 5.72. The van der Waals surface area contributed by atoms with E-state index in [0.29, 0.717) is 13.2 Å². The first kappa shape index (κ1) is 8.66. The van der Waals surface area contributed by atoms with Gasteiger partial charge in [0.2, 0.25) is 0 Å². The predicted octanol–water partition coefficient (Wildman–Crippen LogP) is 1.21. The minimum atomic E-state index is -0.170. The summed E-state index contributed by atoms with van der Waals surface area (Å²) < 4.78 is 4.98. The summed E-state index contributed by atoms with van der Waals surface area (Å²) in [7, 11) is 0. The molecule has 9 heavy (non-hydrogen) atoms. The molecule has 0 rings (SSSR count). The van der Waals surface area contributed by atoms with Crippen LogP contribution in [0.25, 0.3) is 0 Å². The Morgan fingerprint density at radius 3 is 2.89 bits per heavy atom. The molecule has 0 aliphatic carbocycles. The average Bonchev–Trinajstić information content (AvgIpc) is 1.80. The van der Waals surface area contributed by atoms with Gasteiger partial charge in [-0.2, -0.15) is 0 Å². The van der Waals surface area contributed by atoms with Crippen molar-refractivity contribution in [2.75, 3.05) is 19.8 Å². The first-order chi connectivity index (χ1) is 4.27. The highest BCUT2D eigenvalue weighted by Gasteiger charge is 1.87. The summed E-state index contributed by atoms with van der Waals surface area (Å²) in [6, 6.07) is 0. The lowest BCUT2D eigenvalue weighted by Gasteiger charge is -1.99. The fourth-order valence-electron chi connectivity index (χ4n) is 0.365. The number of hydrogen-bond donors (Lipinski definition) is 0. The van der Waals surface area contributed by atoms with E-state index in [1.165, 1.54) is 0 Å². The standard InChI is InChI=1S/C7H12O2/c1-7(2)6-9-5-3-4-8/h3H,1,4-6H2,2H3. The molecule has 0 aromatic heterocycles. The summed E-state index contributed by atoms with van der Waals surface area (Å²) in [6.07, 6.45) is 1.54. The van der Waals surface area contributed by atoms with Crippen molar-refractivity contribution in [3.63, 3.8) is 0 Å². The van der Waals surface area contributed by atoms with Crippen molar-refractivity contribution in [1.82, 2.24) is 0 Å². The van der Waals surface area contributed by atoms with E-state index in [-0.39, 0.29) is 6.61 Å². The van der Waals surface area contributed by atoms with Crippen LogP contribution in [-0.2, 0) is 9.84 Å². The quantitative estimate of drug-likeness (QED) is 0.404. The van der Waals surface area contributed by atoms with Gasteiger partial charge in [0.1, 0.15) is 0 Å². The van der Waals surface area contributed by atoms with E-state index in [1.807, 2.05) is 6.92 Å². The molecule has 0 saturated carbocycles. The Labute approximate surface area is 56.1 Å². The molecule has 0 aromatic rings. The topological polar surface area (TPSA) is 29.1 Å². The second-order valence-electron chi connectivity index (χ2n) is 1.93. The molecule has 2 heteroatoms. The van der Waals surface area contributed by atoms with Gasteiger partial charge in [-0.1, -0.05) is 12.2 Å². The second kappa shape index (κ2) is 5.79. The summed E-state index contributed by atoms with van der Waals surface area (Å²) >= 11 is 0. The van der Waals surface area contributed by atoms with E-state index in [4.69, 9.17) is 4.74 Å². The monoisotopic (exact) mass is 128 g/mol. The zero-order chi connectivity index (χ0) is 7.11. The highest BCUT2D eigenvalue weighted by Crippen LogP contribution is 1.88. The van der Waals surface area contributed by atoms with Gasteiger partial charge in [0.05, 0.1) is 19.8 Å². The Bertz CT molecular complexity index is 79.0. The molecule has 0 unspecified atom stereocenters. The predicted molar refractivity (Wildman–Crippen MR) is 35.5 cm³/mol. The van der Waals surface area contributed by atoms with Gasteiger partial charge >= 0.3 is 0 Å². The molecule has 0 heterocycles. The highest BCUT2D eigenvalue weighted by molar-refractivity contribution is 4.87. The highest BCUT2D eigenvalue weighted by atomic mass is 16.5. The second-order valence-corrected chi connectivity index (χ2v) is 1.93. The lowest BCUT2D eigenvalue weighted by atomic mass is 10.4. The van der Waals surface area contributed by atoms with Gasteiger partial charge in [0, 0.05) is 6.42 Å². The molecule has 0 saturated heterocycles. The molecule has 0 aliphatic rings. The van der Waals surface area contributed by atoms with Crippen LogP contribution in [-0.4, -0.2) is 19.8 Å². The summed E-state index contributed by atoms with van der Waals surface area (Å²) in [4.78, 5) is 0.